The van der Waals surface area contributed by atoms with Crippen molar-refractivity contribution >= 4 is 10.9 Å². The van der Waals surface area contributed by atoms with E-state index < -0.39 is 6.04 Å². The summed E-state index contributed by atoms with van der Waals surface area (Å²) in [7, 11) is 1.66. The zero-order valence-electron chi connectivity index (χ0n) is 22.9. The van der Waals surface area contributed by atoms with Crippen molar-refractivity contribution in [1.82, 2.24) is 30.1 Å². The summed E-state index contributed by atoms with van der Waals surface area (Å²) in [6.07, 6.45) is 7.24. The van der Waals surface area contributed by atoms with Gasteiger partial charge in [0.15, 0.2) is 5.82 Å². The highest BCUT2D eigenvalue weighted by Crippen LogP contribution is 2.34. The minimum Gasteiger partial charge on any atom is -0.497 e. The first kappa shape index (κ1) is 26.0. The fraction of sp³-hybridized carbons (Fsp3) is 0.355. The molecule has 3 heterocycles. The van der Waals surface area contributed by atoms with Gasteiger partial charge in [0.1, 0.15) is 17.6 Å². The largest absolute Gasteiger partial charge is 0.497 e. The SMILES string of the molecule is COc1ccc(CN(Cc2ccco2)[C@H](c2cc3ccc(C)cc3[nH]c2=O)c2nnnn2C2CCCCC2)cc1. The van der Waals surface area contributed by atoms with Crippen LogP contribution in [0.4, 0.5) is 0 Å². The van der Waals surface area contributed by atoms with Gasteiger partial charge < -0.3 is 14.1 Å². The Bertz CT molecular complexity index is 1620. The number of H-pyrrole nitrogens is 1. The van der Waals surface area contributed by atoms with E-state index in [2.05, 4.69) is 31.5 Å². The van der Waals surface area contributed by atoms with Crippen molar-refractivity contribution in [3.05, 3.63) is 106 Å². The van der Waals surface area contributed by atoms with Crippen LogP contribution in [0, 0.1) is 6.92 Å². The number of benzene rings is 2. The second-order valence-corrected chi connectivity index (χ2v) is 10.7. The molecule has 1 N–H and O–H groups in total. The molecule has 6 rings (SSSR count). The topological polar surface area (TPSA) is 102 Å². The van der Waals surface area contributed by atoms with Gasteiger partial charge >= 0.3 is 0 Å². The van der Waals surface area contributed by atoms with Gasteiger partial charge in [0.25, 0.3) is 5.56 Å². The van der Waals surface area contributed by atoms with E-state index in [9.17, 15) is 4.79 Å². The number of nitrogens with one attached hydrogen (secondary N) is 1. The zero-order chi connectivity index (χ0) is 27.5. The van der Waals surface area contributed by atoms with Crippen LogP contribution in [0.2, 0.25) is 0 Å². The maximum Gasteiger partial charge on any atom is 0.253 e. The second kappa shape index (κ2) is 11.5. The predicted molar refractivity (Wildman–Crippen MR) is 152 cm³/mol. The molecule has 0 amide bonds. The fourth-order valence-corrected chi connectivity index (χ4v) is 5.81. The van der Waals surface area contributed by atoms with Crippen LogP contribution in [0.3, 0.4) is 0 Å². The molecule has 1 aliphatic rings. The molecule has 0 spiro atoms. The lowest BCUT2D eigenvalue weighted by atomic mass is 9.95. The van der Waals surface area contributed by atoms with Crippen LogP contribution in [0.15, 0.2) is 76.1 Å². The first-order chi connectivity index (χ1) is 19.6. The summed E-state index contributed by atoms with van der Waals surface area (Å²) < 4.78 is 13.1. The Hall–Kier alpha value is -4.24. The molecule has 1 atom stereocenters. The molecule has 1 saturated carbocycles. The Morgan fingerprint density at radius 1 is 1.07 bits per heavy atom. The van der Waals surface area contributed by atoms with Gasteiger partial charge in [-0.3, -0.25) is 9.69 Å². The third-order valence-electron chi connectivity index (χ3n) is 7.86. The number of pyridine rings is 1. The van der Waals surface area contributed by atoms with Crippen LogP contribution in [0.1, 0.15) is 72.5 Å². The first-order valence-electron chi connectivity index (χ1n) is 13.9. The maximum absolute atomic E-state index is 13.8. The lowest BCUT2D eigenvalue weighted by Crippen LogP contribution is -2.35. The summed E-state index contributed by atoms with van der Waals surface area (Å²) in [5.74, 6) is 2.26. The van der Waals surface area contributed by atoms with Crippen LogP contribution >= 0.6 is 0 Å². The van der Waals surface area contributed by atoms with Gasteiger partial charge in [0.2, 0.25) is 0 Å². The van der Waals surface area contributed by atoms with Gasteiger partial charge in [0.05, 0.1) is 26.0 Å². The molecule has 206 valence electrons. The van der Waals surface area contributed by atoms with Crippen LogP contribution in [0.5, 0.6) is 5.75 Å². The number of hydrogen-bond acceptors (Lipinski definition) is 7. The second-order valence-electron chi connectivity index (χ2n) is 10.7. The molecule has 5 aromatic rings. The number of fused-ring (bicyclic) bond motifs is 1. The standard InChI is InChI=1S/C31H34N6O3/c1-21-10-13-23-18-27(31(38)32-28(23)17-21)29(30-33-34-35-37(30)24-7-4-3-5-8-24)36(20-26-9-6-16-40-26)19-22-11-14-25(39-2)15-12-22/h6,9-18,24,29H,3-5,7-8,19-20H2,1-2H3,(H,32,38)/t29-/m1/s1. The van der Waals surface area contributed by atoms with E-state index in [1.54, 1.807) is 13.4 Å². The smallest absolute Gasteiger partial charge is 0.253 e. The van der Waals surface area contributed by atoms with Gasteiger partial charge in [0, 0.05) is 17.6 Å². The highest BCUT2D eigenvalue weighted by atomic mass is 16.5. The molecule has 0 aliphatic heterocycles. The van der Waals surface area contributed by atoms with Crippen molar-refractivity contribution < 1.29 is 9.15 Å². The van der Waals surface area contributed by atoms with E-state index in [1.165, 1.54) is 6.42 Å². The molecule has 3 aromatic heterocycles. The van der Waals surface area contributed by atoms with Gasteiger partial charge in [-0.1, -0.05) is 43.5 Å². The highest BCUT2D eigenvalue weighted by Gasteiger charge is 2.33. The molecule has 0 radical (unpaired) electrons. The summed E-state index contributed by atoms with van der Waals surface area (Å²) in [5.41, 5.74) is 3.42. The van der Waals surface area contributed by atoms with Gasteiger partial charge in [-0.2, -0.15) is 0 Å². The Labute approximate surface area is 232 Å². The Morgan fingerprint density at radius 3 is 2.65 bits per heavy atom. The number of methoxy groups -OCH3 is 1. The minimum atomic E-state index is -0.515. The fourth-order valence-electron chi connectivity index (χ4n) is 5.81. The van der Waals surface area contributed by atoms with Gasteiger partial charge in [-0.15, -0.1) is 5.10 Å². The molecular formula is C31H34N6O3. The molecule has 9 nitrogen and oxygen atoms in total. The van der Waals surface area contributed by atoms with E-state index in [0.29, 0.717) is 24.5 Å². The predicted octanol–water partition coefficient (Wildman–Crippen LogP) is 5.72. The van der Waals surface area contributed by atoms with Crippen LogP contribution in [-0.2, 0) is 13.1 Å². The molecule has 0 saturated heterocycles. The molecule has 1 fully saturated rings. The number of furan rings is 1. The molecule has 0 unspecified atom stereocenters. The van der Waals surface area contributed by atoms with E-state index in [1.807, 2.05) is 66.2 Å². The number of nitrogens with zero attached hydrogens (tertiary/aromatic N) is 5. The Kier molecular flexibility index (Phi) is 7.46. The number of aromatic amines is 1. The third-order valence-corrected chi connectivity index (χ3v) is 7.86. The third kappa shape index (κ3) is 5.42. The van der Waals surface area contributed by atoms with Crippen molar-refractivity contribution in [3.63, 3.8) is 0 Å². The van der Waals surface area contributed by atoms with Gasteiger partial charge in [-0.05, 0) is 83.1 Å². The van der Waals surface area contributed by atoms with E-state index >= 15 is 0 Å². The van der Waals surface area contributed by atoms with E-state index in [-0.39, 0.29) is 11.6 Å². The Morgan fingerprint density at radius 2 is 1.90 bits per heavy atom. The van der Waals surface area contributed by atoms with Crippen molar-refractivity contribution in [2.45, 2.75) is 64.2 Å². The molecule has 1 aliphatic carbocycles. The summed E-state index contributed by atoms with van der Waals surface area (Å²) in [5, 5.41) is 14.2. The van der Waals surface area contributed by atoms with Crippen molar-refractivity contribution in [2.24, 2.45) is 0 Å². The molecule has 2 aromatic carbocycles. The van der Waals surface area contributed by atoms with E-state index in [4.69, 9.17) is 9.15 Å². The summed E-state index contributed by atoms with van der Waals surface area (Å²) in [6.45, 7) is 3.03. The van der Waals surface area contributed by atoms with Gasteiger partial charge in [-0.25, -0.2) is 4.68 Å². The monoisotopic (exact) mass is 538 g/mol. The number of hydrogen-bond donors (Lipinski definition) is 1. The average molecular weight is 539 g/mol. The Balaban J connectivity index is 1.51. The summed E-state index contributed by atoms with van der Waals surface area (Å²) in [6, 6.07) is 19.6. The zero-order valence-corrected chi connectivity index (χ0v) is 22.9. The van der Waals surface area contributed by atoms with Crippen molar-refractivity contribution in [3.8, 4) is 5.75 Å². The quantitative estimate of drug-likeness (QED) is 0.256. The van der Waals surface area contributed by atoms with Crippen molar-refractivity contribution in [2.75, 3.05) is 7.11 Å². The van der Waals surface area contributed by atoms with Crippen LogP contribution in [0.25, 0.3) is 10.9 Å². The number of aromatic nitrogens is 5. The number of rotatable bonds is 9. The normalized spacial score (nSPS) is 15.1. The number of tetrazole rings is 1. The number of aryl methyl sites for hydroxylation is 1. The summed E-state index contributed by atoms with van der Waals surface area (Å²) in [4.78, 5) is 19.2. The van der Waals surface area contributed by atoms with E-state index in [0.717, 1.165) is 59.2 Å². The minimum absolute atomic E-state index is 0.152. The molecular weight excluding hydrogens is 504 g/mol. The lowest BCUT2D eigenvalue weighted by molar-refractivity contribution is 0.173. The van der Waals surface area contributed by atoms with Crippen LogP contribution in [-0.4, -0.2) is 37.2 Å². The summed E-state index contributed by atoms with van der Waals surface area (Å²) >= 11 is 0. The molecule has 9 heteroatoms. The lowest BCUT2D eigenvalue weighted by Gasteiger charge is -2.32. The molecule has 40 heavy (non-hydrogen) atoms. The highest BCUT2D eigenvalue weighted by molar-refractivity contribution is 5.79. The maximum atomic E-state index is 13.8. The molecule has 0 bridgehead atoms. The first-order valence-corrected chi connectivity index (χ1v) is 13.9. The number of ether oxygens (including phenoxy) is 1. The average Bonchev–Trinajstić information content (AvgIpc) is 3.67. The van der Waals surface area contributed by atoms with Crippen LogP contribution < -0.4 is 10.3 Å². The van der Waals surface area contributed by atoms with Crippen molar-refractivity contribution in [1.29, 1.82) is 0 Å².